The van der Waals surface area contributed by atoms with Gasteiger partial charge in [-0.3, -0.25) is 9.59 Å². The summed E-state index contributed by atoms with van der Waals surface area (Å²) in [7, 11) is 1.74. The van der Waals surface area contributed by atoms with Gasteiger partial charge in [-0.2, -0.15) is 0 Å². The highest BCUT2D eigenvalue weighted by atomic mass is 16.5. The van der Waals surface area contributed by atoms with Crippen LogP contribution in [0, 0.1) is 5.92 Å². The van der Waals surface area contributed by atoms with Crippen molar-refractivity contribution in [2.45, 2.75) is 44.2 Å². The third kappa shape index (κ3) is 3.97. The summed E-state index contributed by atoms with van der Waals surface area (Å²) in [5.41, 5.74) is 0. The van der Waals surface area contributed by atoms with E-state index in [0.29, 0.717) is 19.0 Å². The summed E-state index contributed by atoms with van der Waals surface area (Å²) in [5, 5.41) is 3.08. The Kier molecular flexibility index (Phi) is 4.73. The van der Waals surface area contributed by atoms with Crippen LogP contribution in [0.5, 0.6) is 6.01 Å². The summed E-state index contributed by atoms with van der Waals surface area (Å²) >= 11 is 0. The first-order valence-corrected chi connectivity index (χ1v) is 8.10. The number of aromatic nitrogens is 2. The molecule has 1 aromatic heterocycles. The zero-order valence-electron chi connectivity index (χ0n) is 13.3. The number of ether oxygens (including phenoxy) is 1. The van der Waals surface area contributed by atoms with Crippen LogP contribution in [0.15, 0.2) is 18.5 Å². The van der Waals surface area contributed by atoms with E-state index in [9.17, 15) is 9.59 Å². The van der Waals surface area contributed by atoms with Crippen molar-refractivity contribution in [2.24, 2.45) is 5.92 Å². The Labute approximate surface area is 135 Å². The second-order valence-electron chi connectivity index (χ2n) is 6.31. The van der Waals surface area contributed by atoms with Gasteiger partial charge in [0.1, 0.15) is 6.10 Å². The Morgan fingerprint density at radius 2 is 1.96 bits per heavy atom. The van der Waals surface area contributed by atoms with Crippen LogP contribution < -0.4 is 10.1 Å². The van der Waals surface area contributed by atoms with Crippen LogP contribution in [0.1, 0.15) is 32.1 Å². The minimum atomic E-state index is -0.209. The van der Waals surface area contributed by atoms with E-state index in [1.165, 1.54) is 0 Å². The van der Waals surface area contributed by atoms with Gasteiger partial charge in [-0.05, 0) is 31.7 Å². The van der Waals surface area contributed by atoms with E-state index in [2.05, 4.69) is 15.3 Å². The zero-order chi connectivity index (χ0) is 16.2. The molecule has 1 atom stereocenters. The summed E-state index contributed by atoms with van der Waals surface area (Å²) in [6.45, 7) is 0.522. The number of carbonyl (C=O) groups is 2. The lowest BCUT2D eigenvalue weighted by Gasteiger charge is -2.29. The number of hydrogen-bond acceptors (Lipinski definition) is 5. The van der Waals surface area contributed by atoms with Gasteiger partial charge in [-0.1, -0.05) is 0 Å². The first-order valence-electron chi connectivity index (χ1n) is 8.10. The molecule has 7 nitrogen and oxygen atoms in total. The summed E-state index contributed by atoms with van der Waals surface area (Å²) in [5.74, 6) is -0.164. The van der Waals surface area contributed by atoms with E-state index in [-0.39, 0.29) is 29.9 Å². The molecule has 2 heterocycles. The molecule has 1 unspecified atom stereocenters. The largest absolute Gasteiger partial charge is 0.460 e. The molecular formula is C16H22N4O3. The number of rotatable bonds is 4. The molecule has 0 spiro atoms. The summed E-state index contributed by atoms with van der Waals surface area (Å²) < 4.78 is 5.75. The molecule has 2 fully saturated rings. The molecule has 3 rings (SSSR count). The molecular weight excluding hydrogens is 296 g/mol. The summed E-state index contributed by atoms with van der Waals surface area (Å²) in [6.07, 6.45) is 7.23. The van der Waals surface area contributed by atoms with Crippen molar-refractivity contribution in [3.63, 3.8) is 0 Å². The molecule has 0 bridgehead atoms. The Morgan fingerprint density at radius 1 is 1.26 bits per heavy atom. The van der Waals surface area contributed by atoms with Crippen LogP contribution >= 0.6 is 0 Å². The highest BCUT2D eigenvalue weighted by Gasteiger charge is 2.33. The van der Waals surface area contributed by atoms with Crippen LogP contribution in [0.2, 0.25) is 0 Å². The van der Waals surface area contributed by atoms with Crippen molar-refractivity contribution in [1.82, 2.24) is 20.2 Å². The quantitative estimate of drug-likeness (QED) is 0.886. The standard InChI is InChI=1S/C16H22N4O3/c1-20-10-11(9-14(20)21)15(22)19-12-3-5-13(6-4-12)23-16-17-7-2-8-18-16/h2,7-8,11-13H,3-6,9-10H2,1H3,(H,19,22). The van der Waals surface area contributed by atoms with E-state index in [1.807, 2.05) is 0 Å². The predicted molar refractivity (Wildman–Crippen MR) is 82.6 cm³/mol. The van der Waals surface area contributed by atoms with Crippen molar-refractivity contribution < 1.29 is 14.3 Å². The number of hydrogen-bond donors (Lipinski definition) is 1. The van der Waals surface area contributed by atoms with Gasteiger partial charge >= 0.3 is 6.01 Å². The Balaban J connectivity index is 1.42. The predicted octanol–water partition coefficient (Wildman–Crippen LogP) is 0.761. The van der Waals surface area contributed by atoms with Crippen molar-refractivity contribution >= 4 is 11.8 Å². The Bertz CT molecular complexity index is 558. The van der Waals surface area contributed by atoms with Crippen LogP contribution in [0.4, 0.5) is 0 Å². The summed E-state index contributed by atoms with van der Waals surface area (Å²) in [6, 6.07) is 2.33. The van der Waals surface area contributed by atoms with Crippen LogP contribution in [-0.2, 0) is 9.59 Å². The molecule has 1 aliphatic carbocycles. The SMILES string of the molecule is CN1CC(C(=O)NC2CCC(Oc3ncccn3)CC2)CC1=O. The minimum absolute atomic E-state index is 0.00142. The zero-order valence-corrected chi connectivity index (χ0v) is 13.3. The normalized spacial score (nSPS) is 27.8. The molecule has 1 saturated carbocycles. The molecule has 0 aromatic carbocycles. The van der Waals surface area contributed by atoms with Crippen LogP contribution in [0.3, 0.4) is 0 Å². The van der Waals surface area contributed by atoms with Gasteiger partial charge in [-0.15, -0.1) is 0 Å². The highest BCUT2D eigenvalue weighted by Crippen LogP contribution is 2.23. The maximum Gasteiger partial charge on any atom is 0.316 e. The van der Waals surface area contributed by atoms with Gasteiger partial charge in [0.05, 0.1) is 5.92 Å². The van der Waals surface area contributed by atoms with Crippen molar-refractivity contribution in [2.75, 3.05) is 13.6 Å². The van der Waals surface area contributed by atoms with Crippen molar-refractivity contribution in [3.05, 3.63) is 18.5 Å². The molecule has 1 aromatic rings. The first-order chi connectivity index (χ1) is 11.1. The minimum Gasteiger partial charge on any atom is -0.460 e. The molecule has 7 heteroatoms. The molecule has 1 saturated heterocycles. The number of carbonyl (C=O) groups excluding carboxylic acids is 2. The average Bonchev–Trinajstić information content (AvgIpc) is 2.90. The molecule has 1 aliphatic heterocycles. The van der Waals surface area contributed by atoms with E-state index in [4.69, 9.17) is 4.74 Å². The average molecular weight is 318 g/mol. The van der Waals surface area contributed by atoms with E-state index < -0.39 is 0 Å². The van der Waals surface area contributed by atoms with E-state index >= 15 is 0 Å². The highest BCUT2D eigenvalue weighted by molar-refractivity contribution is 5.89. The smallest absolute Gasteiger partial charge is 0.316 e. The molecule has 124 valence electrons. The monoisotopic (exact) mass is 318 g/mol. The Morgan fingerprint density at radius 3 is 2.57 bits per heavy atom. The lowest BCUT2D eigenvalue weighted by molar-refractivity contribution is -0.128. The van der Waals surface area contributed by atoms with Crippen molar-refractivity contribution in [3.8, 4) is 6.01 Å². The maximum atomic E-state index is 12.2. The van der Waals surface area contributed by atoms with Gasteiger partial charge in [0.25, 0.3) is 0 Å². The second-order valence-corrected chi connectivity index (χ2v) is 6.31. The molecule has 23 heavy (non-hydrogen) atoms. The molecule has 2 amide bonds. The topological polar surface area (TPSA) is 84.4 Å². The van der Waals surface area contributed by atoms with Crippen LogP contribution in [0.25, 0.3) is 0 Å². The molecule has 0 radical (unpaired) electrons. The number of likely N-dealkylation sites (tertiary alicyclic amines) is 1. The number of amides is 2. The fourth-order valence-electron chi connectivity index (χ4n) is 3.18. The second kappa shape index (κ2) is 6.93. The van der Waals surface area contributed by atoms with E-state index in [0.717, 1.165) is 25.7 Å². The van der Waals surface area contributed by atoms with E-state index in [1.54, 1.807) is 30.4 Å². The first kappa shape index (κ1) is 15.7. The van der Waals surface area contributed by atoms with Gasteiger partial charge in [0.2, 0.25) is 11.8 Å². The van der Waals surface area contributed by atoms with Gasteiger partial charge in [-0.25, -0.2) is 9.97 Å². The number of nitrogens with zero attached hydrogens (tertiary/aromatic N) is 3. The molecule has 1 N–H and O–H groups in total. The lowest BCUT2D eigenvalue weighted by Crippen LogP contribution is -2.43. The van der Waals surface area contributed by atoms with Crippen LogP contribution in [-0.4, -0.2) is 52.4 Å². The third-order valence-corrected chi connectivity index (χ3v) is 4.55. The van der Waals surface area contributed by atoms with Gasteiger partial charge in [0, 0.05) is 38.4 Å². The third-order valence-electron chi connectivity index (χ3n) is 4.55. The summed E-state index contributed by atoms with van der Waals surface area (Å²) in [4.78, 5) is 33.5. The maximum absolute atomic E-state index is 12.2. The Hall–Kier alpha value is -2.18. The van der Waals surface area contributed by atoms with Gasteiger partial charge < -0.3 is 15.0 Å². The fourth-order valence-corrected chi connectivity index (χ4v) is 3.18. The lowest BCUT2D eigenvalue weighted by atomic mass is 9.92. The molecule has 2 aliphatic rings. The van der Waals surface area contributed by atoms with Crippen molar-refractivity contribution in [1.29, 1.82) is 0 Å². The number of nitrogens with one attached hydrogen (secondary N) is 1. The fraction of sp³-hybridized carbons (Fsp3) is 0.625. The van der Waals surface area contributed by atoms with Gasteiger partial charge in [0.15, 0.2) is 0 Å².